The zero-order chi connectivity index (χ0) is 11.5. The first-order valence-corrected chi connectivity index (χ1v) is 6.75. The second-order valence-electron chi connectivity index (χ2n) is 3.49. The fourth-order valence-corrected chi connectivity index (χ4v) is 2.70. The Morgan fingerprint density at radius 1 is 1.31 bits per heavy atom. The SMILES string of the molecule is CCc1cc(C(=O)c2cccc(Br)c2)cs1. The second-order valence-corrected chi connectivity index (χ2v) is 5.41. The van der Waals surface area contributed by atoms with Gasteiger partial charge in [0.2, 0.25) is 0 Å². The highest BCUT2D eigenvalue weighted by atomic mass is 79.9. The molecule has 0 fully saturated rings. The minimum atomic E-state index is 0.0947. The maximum Gasteiger partial charge on any atom is 0.193 e. The first-order valence-electron chi connectivity index (χ1n) is 5.08. The van der Waals surface area contributed by atoms with Crippen molar-refractivity contribution in [2.24, 2.45) is 0 Å². The van der Waals surface area contributed by atoms with Crippen LogP contribution in [0, 0.1) is 0 Å². The normalized spacial score (nSPS) is 10.4. The number of halogens is 1. The van der Waals surface area contributed by atoms with Gasteiger partial charge >= 0.3 is 0 Å². The Morgan fingerprint density at radius 2 is 2.12 bits per heavy atom. The Balaban J connectivity index is 2.31. The van der Waals surface area contributed by atoms with Crippen molar-refractivity contribution in [3.05, 3.63) is 56.2 Å². The van der Waals surface area contributed by atoms with Crippen molar-refractivity contribution < 1.29 is 4.79 Å². The van der Waals surface area contributed by atoms with Gasteiger partial charge in [0.15, 0.2) is 5.78 Å². The van der Waals surface area contributed by atoms with E-state index >= 15 is 0 Å². The Morgan fingerprint density at radius 3 is 2.75 bits per heavy atom. The van der Waals surface area contributed by atoms with Crippen molar-refractivity contribution in [1.82, 2.24) is 0 Å². The zero-order valence-corrected chi connectivity index (χ0v) is 11.3. The van der Waals surface area contributed by atoms with Gasteiger partial charge in [-0.3, -0.25) is 4.79 Å². The van der Waals surface area contributed by atoms with E-state index in [-0.39, 0.29) is 5.78 Å². The third-order valence-corrected chi connectivity index (χ3v) is 3.93. The van der Waals surface area contributed by atoms with Crippen LogP contribution in [0.25, 0.3) is 0 Å². The summed E-state index contributed by atoms with van der Waals surface area (Å²) in [7, 11) is 0. The number of hydrogen-bond donors (Lipinski definition) is 0. The summed E-state index contributed by atoms with van der Waals surface area (Å²) in [4.78, 5) is 13.4. The molecule has 0 radical (unpaired) electrons. The van der Waals surface area contributed by atoms with Crippen LogP contribution in [0.5, 0.6) is 0 Å². The summed E-state index contributed by atoms with van der Waals surface area (Å²) in [6, 6.07) is 9.47. The molecule has 1 aromatic carbocycles. The van der Waals surface area contributed by atoms with E-state index in [0.29, 0.717) is 0 Å². The zero-order valence-electron chi connectivity index (χ0n) is 8.87. The summed E-state index contributed by atoms with van der Waals surface area (Å²) in [5.41, 5.74) is 1.52. The molecule has 1 aromatic heterocycles. The van der Waals surface area contributed by atoms with Crippen LogP contribution in [-0.4, -0.2) is 5.78 Å². The first kappa shape index (κ1) is 11.6. The molecule has 0 atom stereocenters. The number of benzene rings is 1. The van der Waals surface area contributed by atoms with Crippen molar-refractivity contribution in [2.45, 2.75) is 13.3 Å². The Labute approximate surface area is 107 Å². The molecule has 3 heteroatoms. The van der Waals surface area contributed by atoms with Gasteiger partial charge in [0.1, 0.15) is 0 Å². The summed E-state index contributed by atoms with van der Waals surface area (Å²) in [6.07, 6.45) is 0.983. The standard InChI is InChI=1S/C13H11BrOS/c1-2-12-7-10(8-16-12)13(15)9-4-3-5-11(14)6-9/h3-8H,2H2,1H3. The summed E-state index contributed by atoms with van der Waals surface area (Å²) in [5.74, 6) is 0.0947. The molecule has 2 rings (SSSR count). The predicted octanol–water partition coefficient (Wildman–Crippen LogP) is 4.30. The topological polar surface area (TPSA) is 17.1 Å². The molecule has 0 unspecified atom stereocenters. The molecular weight excluding hydrogens is 284 g/mol. The van der Waals surface area contributed by atoms with Crippen molar-refractivity contribution >= 4 is 33.0 Å². The molecule has 1 heterocycles. The molecule has 0 aliphatic carbocycles. The van der Waals surface area contributed by atoms with Crippen LogP contribution in [-0.2, 0) is 6.42 Å². The van der Waals surface area contributed by atoms with E-state index in [9.17, 15) is 4.79 Å². The van der Waals surface area contributed by atoms with E-state index in [1.54, 1.807) is 11.3 Å². The van der Waals surface area contributed by atoms with E-state index in [2.05, 4.69) is 22.9 Å². The van der Waals surface area contributed by atoms with Crippen LogP contribution < -0.4 is 0 Å². The Kier molecular flexibility index (Phi) is 3.56. The van der Waals surface area contributed by atoms with E-state index in [0.717, 1.165) is 22.0 Å². The number of thiophene rings is 1. The number of ketones is 1. The van der Waals surface area contributed by atoms with Gasteiger partial charge in [0, 0.05) is 25.9 Å². The largest absolute Gasteiger partial charge is 0.289 e. The molecule has 0 aliphatic rings. The van der Waals surface area contributed by atoms with Gasteiger partial charge in [-0.25, -0.2) is 0 Å². The molecule has 2 aromatic rings. The lowest BCUT2D eigenvalue weighted by atomic mass is 10.1. The third kappa shape index (κ3) is 2.42. The van der Waals surface area contributed by atoms with Gasteiger partial charge in [-0.2, -0.15) is 0 Å². The molecule has 82 valence electrons. The number of aryl methyl sites for hydroxylation is 1. The lowest BCUT2D eigenvalue weighted by molar-refractivity contribution is 0.103. The Hall–Kier alpha value is -0.930. The molecule has 1 nitrogen and oxygen atoms in total. The van der Waals surface area contributed by atoms with Crippen LogP contribution in [0.2, 0.25) is 0 Å². The lowest BCUT2D eigenvalue weighted by Gasteiger charge is -1.98. The van der Waals surface area contributed by atoms with Gasteiger partial charge in [0.05, 0.1) is 0 Å². The predicted molar refractivity (Wildman–Crippen MR) is 71.3 cm³/mol. The van der Waals surface area contributed by atoms with Crippen LogP contribution in [0.3, 0.4) is 0 Å². The fraction of sp³-hybridized carbons (Fsp3) is 0.154. The van der Waals surface area contributed by atoms with Gasteiger partial charge in [-0.15, -0.1) is 11.3 Å². The summed E-state index contributed by atoms with van der Waals surface area (Å²) < 4.78 is 0.935. The highest BCUT2D eigenvalue weighted by Gasteiger charge is 2.10. The van der Waals surface area contributed by atoms with Crippen LogP contribution >= 0.6 is 27.3 Å². The molecule has 0 N–H and O–H groups in total. The van der Waals surface area contributed by atoms with Crippen molar-refractivity contribution in [2.75, 3.05) is 0 Å². The van der Waals surface area contributed by atoms with Crippen LogP contribution in [0.1, 0.15) is 27.7 Å². The van der Waals surface area contributed by atoms with Gasteiger partial charge in [-0.1, -0.05) is 35.0 Å². The molecule has 0 aliphatic heterocycles. The molecular formula is C13H11BrOS. The van der Waals surface area contributed by atoms with Crippen LogP contribution in [0.15, 0.2) is 40.2 Å². The maximum atomic E-state index is 12.1. The average molecular weight is 295 g/mol. The van der Waals surface area contributed by atoms with Gasteiger partial charge < -0.3 is 0 Å². The molecule has 0 saturated heterocycles. The molecule has 0 saturated carbocycles. The van der Waals surface area contributed by atoms with E-state index in [1.807, 2.05) is 35.7 Å². The van der Waals surface area contributed by atoms with Crippen LogP contribution in [0.4, 0.5) is 0 Å². The Bertz CT molecular complexity index is 516. The highest BCUT2D eigenvalue weighted by Crippen LogP contribution is 2.20. The minimum Gasteiger partial charge on any atom is -0.289 e. The summed E-state index contributed by atoms with van der Waals surface area (Å²) in [5, 5.41) is 1.93. The van der Waals surface area contributed by atoms with E-state index < -0.39 is 0 Å². The highest BCUT2D eigenvalue weighted by molar-refractivity contribution is 9.10. The van der Waals surface area contributed by atoms with Gasteiger partial charge in [0.25, 0.3) is 0 Å². The number of rotatable bonds is 3. The van der Waals surface area contributed by atoms with Crippen molar-refractivity contribution in [3.63, 3.8) is 0 Å². The number of hydrogen-bond acceptors (Lipinski definition) is 2. The summed E-state index contributed by atoms with van der Waals surface area (Å²) in [6.45, 7) is 2.10. The van der Waals surface area contributed by atoms with Gasteiger partial charge in [-0.05, 0) is 24.6 Å². The smallest absolute Gasteiger partial charge is 0.193 e. The van der Waals surface area contributed by atoms with E-state index in [1.165, 1.54) is 4.88 Å². The van der Waals surface area contributed by atoms with Crippen molar-refractivity contribution in [3.8, 4) is 0 Å². The average Bonchev–Trinajstić information content (AvgIpc) is 2.76. The number of carbonyl (C=O) groups is 1. The molecule has 0 bridgehead atoms. The third-order valence-electron chi connectivity index (χ3n) is 2.35. The molecule has 0 amide bonds. The summed E-state index contributed by atoms with van der Waals surface area (Å²) >= 11 is 5.02. The lowest BCUT2D eigenvalue weighted by Crippen LogP contribution is -1.98. The fourth-order valence-electron chi connectivity index (χ4n) is 1.48. The maximum absolute atomic E-state index is 12.1. The molecule has 0 spiro atoms. The van der Waals surface area contributed by atoms with Crippen molar-refractivity contribution in [1.29, 1.82) is 0 Å². The second kappa shape index (κ2) is 4.93. The minimum absolute atomic E-state index is 0.0947. The van der Waals surface area contributed by atoms with E-state index in [4.69, 9.17) is 0 Å². The number of carbonyl (C=O) groups excluding carboxylic acids is 1. The monoisotopic (exact) mass is 294 g/mol. The quantitative estimate of drug-likeness (QED) is 0.771. The first-order chi connectivity index (χ1) is 7.70. The molecule has 16 heavy (non-hydrogen) atoms.